The molecule has 100 valence electrons. The highest BCUT2D eigenvalue weighted by atomic mass is 16.4. The molecule has 0 heterocycles. The standard InChI is InChI=1S/C6H14N2O2.C5H8O2/c7-4-2-1-3-5(8)6(9)10;1-2-3-4-5(6)7/h5H,1-4,7-8H2,(H,9,10);3-4H,2H2,1H3,(H,6,7)/b;4-3-/t5-;/m0./s1. The van der Waals surface area contributed by atoms with Crippen LogP contribution in [0.5, 0.6) is 0 Å². The van der Waals surface area contributed by atoms with Gasteiger partial charge in [0, 0.05) is 6.08 Å². The zero-order valence-corrected chi connectivity index (χ0v) is 10.1. The van der Waals surface area contributed by atoms with Crippen LogP contribution in [0, 0.1) is 0 Å². The average Bonchev–Trinajstić information content (AvgIpc) is 2.27. The van der Waals surface area contributed by atoms with Crippen molar-refractivity contribution in [1.82, 2.24) is 0 Å². The maximum atomic E-state index is 10.1. The Balaban J connectivity index is 0. The number of rotatable bonds is 7. The second-order valence-corrected chi connectivity index (χ2v) is 3.38. The summed E-state index contributed by atoms with van der Waals surface area (Å²) in [5.74, 6) is -1.81. The molecule has 6 heteroatoms. The predicted molar refractivity (Wildman–Crippen MR) is 65.6 cm³/mol. The van der Waals surface area contributed by atoms with Gasteiger partial charge in [0.15, 0.2) is 0 Å². The molecule has 0 aromatic carbocycles. The molecule has 17 heavy (non-hydrogen) atoms. The van der Waals surface area contributed by atoms with Gasteiger partial charge in [0.25, 0.3) is 0 Å². The van der Waals surface area contributed by atoms with Gasteiger partial charge in [0.05, 0.1) is 0 Å². The van der Waals surface area contributed by atoms with Crippen molar-refractivity contribution < 1.29 is 19.8 Å². The van der Waals surface area contributed by atoms with Crippen LogP contribution in [0.4, 0.5) is 0 Å². The molecule has 0 amide bonds. The summed E-state index contributed by atoms with van der Waals surface area (Å²) in [6, 6.07) is -0.716. The quantitative estimate of drug-likeness (QED) is 0.384. The number of aliphatic carboxylic acids is 2. The molecular weight excluding hydrogens is 224 g/mol. The highest BCUT2D eigenvalue weighted by Crippen LogP contribution is 1.96. The molecule has 0 saturated carbocycles. The van der Waals surface area contributed by atoms with Crippen molar-refractivity contribution in [3.63, 3.8) is 0 Å². The van der Waals surface area contributed by atoms with E-state index in [4.69, 9.17) is 21.7 Å². The Labute approximate surface area is 101 Å². The summed E-state index contributed by atoms with van der Waals surface area (Å²) in [4.78, 5) is 19.8. The fourth-order valence-corrected chi connectivity index (χ4v) is 0.851. The minimum Gasteiger partial charge on any atom is -0.480 e. The van der Waals surface area contributed by atoms with E-state index in [0.717, 1.165) is 25.3 Å². The lowest BCUT2D eigenvalue weighted by Crippen LogP contribution is -2.29. The van der Waals surface area contributed by atoms with Crippen molar-refractivity contribution in [3.8, 4) is 0 Å². The Hall–Kier alpha value is -1.40. The van der Waals surface area contributed by atoms with Crippen molar-refractivity contribution in [3.05, 3.63) is 12.2 Å². The van der Waals surface area contributed by atoms with Crippen LogP contribution in [-0.2, 0) is 9.59 Å². The molecular formula is C11H22N2O4. The summed E-state index contributed by atoms with van der Waals surface area (Å²) < 4.78 is 0. The van der Waals surface area contributed by atoms with Gasteiger partial charge in [-0.1, -0.05) is 19.4 Å². The van der Waals surface area contributed by atoms with E-state index < -0.39 is 18.0 Å². The molecule has 0 aliphatic carbocycles. The third-order valence-electron chi connectivity index (χ3n) is 1.78. The van der Waals surface area contributed by atoms with Gasteiger partial charge in [-0.3, -0.25) is 4.79 Å². The number of hydrogen-bond donors (Lipinski definition) is 4. The first-order chi connectivity index (χ1) is 7.95. The fraction of sp³-hybridized carbons (Fsp3) is 0.636. The van der Waals surface area contributed by atoms with E-state index in [1.165, 1.54) is 0 Å². The largest absolute Gasteiger partial charge is 0.480 e. The highest BCUT2D eigenvalue weighted by Gasteiger charge is 2.09. The topological polar surface area (TPSA) is 127 Å². The smallest absolute Gasteiger partial charge is 0.327 e. The van der Waals surface area contributed by atoms with E-state index in [0.29, 0.717) is 13.0 Å². The van der Waals surface area contributed by atoms with Crippen molar-refractivity contribution >= 4 is 11.9 Å². The van der Waals surface area contributed by atoms with Gasteiger partial charge < -0.3 is 21.7 Å². The zero-order valence-electron chi connectivity index (χ0n) is 10.1. The Morgan fingerprint density at radius 2 is 1.88 bits per heavy atom. The molecule has 6 nitrogen and oxygen atoms in total. The van der Waals surface area contributed by atoms with Gasteiger partial charge in [0.1, 0.15) is 6.04 Å². The van der Waals surface area contributed by atoms with Crippen LogP contribution >= 0.6 is 0 Å². The van der Waals surface area contributed by atoms with Gasteiger partial charge >= 0.3 is 11.9 Å². The summed E-state index contributed by atoms with van der Waals surface area (Å²) in [7, 11) is 0. The number of carbonyl (C=O) groups is 2. The fourth-order valence-electron chi connectivity index (χ4n) is 0.851. The monoisotopic (exact) mass is 246 g/mol. The first-order valence-corrected chi connectivity index (χ1v) is 5.53. The molecule has 0 aliphatic rings. The minimum atomic E-state index is -0.933. The number of allylic oxidation sites excluding steroid dienone is 1. The molecule has 0 aromatic rings. The molecule has 0 aromatic heterocycles. The van der Waals surface area contributed by atoms with Crippen LogP contribution in [0.3, 0.4) is 0 Å². The lowest BCUT2D eigenvalue weighted by atomic mass is 10.1. The van der Waals surface area contributed by atoms with Crippen molar-refractivity contribution in [2.45, 2.75) is 38.6 Å². The van der Waals surface area contributed by atoms with Crippen molar-refractivity contribution in [2.75, 3.05) is 6.54 Å². The Morgan fingerprint density at radius 1 is 1.29 bits per heavy atom. The molecule has 6 N–H and O–H groups in total. The molecule has 1 atom stereocenters. The molecule has 0 spiro atoms. The second kappa shape index (κ2) is 12.7. The van der Waals surface area contributed by atoms with Gasteiger partial charge in [-0.2, -0.15) is 0 Å². The molecule has 0 radical (unpaired) electrons. The number of carboxylic acids is 2. The zero-order chi connectivity index (χ0) is 13.7. The van der Waals surface area contributed by atoms with Crippen molar-refractivity contribution in [1.29, 1.82) is 0 Å². The highest BCUT2D eigenvalue weighted by molar-refractivity contribution is 5.79. The number of nitrogens with two attached hydrogens (primary N) is 2. The average molecular weight is 246 g/mol. The third kappa shape index (κ3) is 17.2. The summed E-state index contributed by atoms with van der Waals surface area (Å²) in [6.07, 6.45) is 5.69. The van der Waals surface area contributed by atoms with Crippen LogP contribution in [0.1, 0.15) is 32.6 Å². The molecule has 0 fully saturated rings. The second-order valence-electron chi connectivity index (χ2n) is 3.38. The molecule has 0 rings (SSSR count). The number of hydrogen-bond acceptors (Lipinski definition) is 4. The predicted octanol–water partition coefficient (Wildman–Crippen LogP) is 0.565. The Bertz CT molecular complexity index is 242. The van der Waals surface area contributed by atoms with E-state index in [-0.39, 0.29) is 0 Å². The first-order valence-electron chi connectivity index (χ1n) is 5.53. The Morgan fingerprint density at radius 3 is 2.18 bits per heavy atom. The van der Waals surface area contributed by atoms with E-state index in [1.54, 1.807) is 6.08 Å². The van der Waals surface area contributed by atoms with Crippen LogP contribution < -0.4 is 11.5 Å². The Kier molecular flexibility index (Phi) is 13.4. The number of carboxylic acid groups (broad SMARTS) is 2. The minimum absolute atomic E-state index is 0.520. The van der Waals surface area contributed by atoms with E-state index in [9.17, 15) is 9.59 Å². The van der Waals surface area contributed by atoms with Crippen LogP contribution in [-0.4, -0.2) is 34.7 Å². The van der Waals surface area contributed by atoms with Crippen molar-refractivity contribution in [2.24, 2.45) is 11.5 Å². The molecule has 0 bridgehead atoms. The SMILES string of the molecule is CC/C=C\C(=O)O.NCCCC[C@H](N)C(=O)O. The van der Waals surface area contributed by atoms with E-state index in [2.05, 4.69) is 0 Å². The number of unbranched alkanes of at least 4 members (excludes halogenated alkanes) is 1. The normalized spacial score (nSPS) is 11.7. The molecule has 0 aliphatic heterocycles. The maximum Gasteiger partial charge on any atom is 0.327 e. The van der Waals surface area contributed by atoms with Crippen LogP contribution in [0.2, 0.25) is 0 Å². The van der Waals surface area contributed by atoms with Gasteiger partial charge in [-0.05, 0) is 25.8 Å². The van der Waals surface area contributed by atoms with E-state index in [1.807, 2.05) is 6.92 Å². The van der Waals surface area contributed by atoms with Gasteiger partial charge in [0.2, 0.25) is 0 Å². The van der Waals surface area contributed by atoms with Gasteiger partial charge in [-0.15, -0.1) is 0 Å². The van der Waals surface area contributed by atoms with Gasteiger partial charge in [-0.25, -0.2) is 4.79 Å². The third-order valence-corrected chi connectivity index (χ3v) is 1.78. The maximum absolute atomic E-state index is 10.1. The summed E-state index contributed by atoms with van der Waals surface area (Å²) in [6.45, 7) is 2.49. The van der Waals surface area contributed by atoms with E-state index >= 15 is 0 Å². The molecule has 0 saturated heterocycles. The summed E-state index contributed by atoms with van der Waals surface area (Å²) in [5, 5.41) is 16.3. The van der Waals surface area contributed by atoms with Crippen LogP contribution in [0.15, 0.2) is 12.2 Å². The molecule has 0 unspecified atom stereocenters. The summed E-state index contributed by atoms with van der Waals surface area (Å²) in [5.41, 5.74) is 10.4. The lowest BCUT2D eigenvalue weighted by molar-refractivity contribution is -0.138. The lowest BCUT2D eigenvalue weighted by Gasteiger charge is -2.03. The van der Waals surface area contributed by atoms with Crippen LogP contribution in [0.25, 0.3) is 0 Å². The first kappa shape index (κ1) is 18.0. The summed E-state index contributed by atoms with van der Waals surface area (Å²) >= 11 is 0.